The summed E-state index contributed by atoms with van der Waals surface area (Å²) in [6, 6.07) is 30.0. The zero-order valence-corrected chi connectivity index (χ0v) is 39.8. The minimum absolute atomic E-state index is 0.250. The van der Waals surface area contributed by atoms with Crippen molar-refractivity contribution < 1.29 is 56.7 Å². The van der Waals surface area contributed by atoms with Gasteiger partial charge in [-0.25, -0.2) is 0 Å². The molecule has 0 spiro atoms. The first-order valence-corrected chi connectivity index (χ1v) is 27.4. The summed E-state index contributed by atoms with van der Waals surface area (Å²) in [7, 11) is -6.37. The summed E-state index contributed by atoms with van der Waals surface area (Å²) in [6.07, 6.45) is 7.54. The Morgan fingerprint density at radius 2 is 0.600 bits per heavy atom. The molecule has 336 valence electrons. The molecule has 60 heavy (non-hydrogen) atoms. The molecule has 0 saturated heterocycles. The summed E-state index contributed by atoms with van der Waals surface area (Å²) in [5, 5.41) is 0. The van der Waals surface area contributed by atoms with E-state index in [1.807, 2.05) is 111 Å². The van der Waals surface area contributed by atoms with Gasteiger partial charge in [0.1, 0.15) is 21.4 Å². The van der Waals surface area contributed by atoms with Gasteiger partial charge in [0, 0.05) is 18.5 Å². The Bertz CT molecular complexity index is 1520. The van der Waals surface area contributed by atoms with Crippen LogP contribution in [0.3, 0.4) is 0 Å². The molecular weight excluding hydrogens is 825 g/mol. The summed E-state index contributed by atoms with van der Waals surface area (Å²) in [5.74, 6) is 1.56. The van der Waals surface area contributed by atoms with Gasteiger partial charge in [0.15, 0.2) is 0 Å². The summed E-state index contributed by atoms with van der Waals surface area (Å²) in [4.78, 5) is 48.8. The van der Waals surface area contributed by atoms with E-state index < -0.39 is 21.4 Å². The highest BCUT2D eigenvalue weighted by Gasteiger charge is 2.20. The largest absolute Gasteiger partial charge is 0.373 e. The molecule has 0 N–H and O–H groups in total. The van der Waals surface area contributed by atoms with Crippen LogP contribution in [-0.4, -0.2) is 76.0 Å². The molecule has 12 nitrogen and oxygen atoms in total. The molecule has 3 aromatic carbocycles. The second-order valence-electron chi connectivity index (χ2n) is 15.1. The molecule has 3 aromatic rings. The van der Waals surface area contributed by atoms with E-state index in [1.165, 1.54) is 0 Å². The highest BCUT2D eigenvalue weighted by Crippen LogP contribution is 2.45. The molecule has 0 bridgehead atoms. The molecule has 0 saturated carbocycles. The maximum atomic E-state index is 12.2. The summed E-state index contributed by atoms with van der Waals surface area (Å²) in [5.41, 5.74) is 3.41. The van der Waals surface area contributed by atoms with Crippen molar-refractivity contribution in [3.05, 3.63) is 108 Å². The van der Waals surface area contributed by atoms with Crippen molar-refractivity contribution in [1.82, 2.24) is 0 Å². The first-order valence-electron chi connectivity index (χ1n) is 19.8. The van der Waals surface area contributed by atoms with Crippen LogP contribution in [0, 0.1) is 17.8 Å². The molecule has 0 aliphatic rings. The number of ether oxygens (including phenoxy) is 3. The number of rotatable bonds is 21. The van der Waals surface area contributed by atoms with Crippen molar-refractivity contribution in [3.8, 4) is 0 Å². The average molecular weight is 895 g/mol. The van der Waals surface area contributed by atoms with E-state index in [9.17, 15) is 13.7 Å². The zero-order chi connectivity index (χ0) is 46.3. The van der Waals surface area contributed by atoms with Crippen LogP contribution in [0.2, 0.25) is 0 Å². The number of carbonyl (C=O) groups excluding carboxylic acids is 6. The van der Waals surface area contributed by atoms with E-state index in [2.05, 4.69) is 41.5 Å². The van der Waals surface area contributed by atoms with Crippen molar-refractivity contribution in [2.45, 2.75) is 80.6 Å². The van der Waals surface area contributed by atoms with Gasteiger partial charge in [-0.05, 0) is 54.4 Å². The molecule has 3 rings (SSSR count). The van der Waals surface area contributed by atoms with Crippen molar-refractivity contribution in [1.29, 1.82) is 0 Å². The van der Waals surface area contributed by atoms with Gasteiger partial charge in [0.25, 0.3) is 0 Å². The van der Waals surface area contributed by atoms with Gasteiger partial charge in [-0.2, -0.15) is 28.8 Å². The summed E-state index contributed by atoms with van der Waals surface area (Å²) < 4.78 is 53.4. The van der Waals surface area contributed by atoms with Gasteiger partial charge in [-0.3, -0.25) is 0 Å². The smallest absolute Gasteiger partial charge is 0.369 e. The predicted molar refractivity (Wildman–Crippen MR) is 237 cm³/mol. The van der Waals surface area contributed by atoms with Gasteiger partial charge < -0.3 is 27.9 Å². The standard InChI is InChI=1S/3C14H23O2P.3CO2/c3*1-4-13(2)11-17(3,15)12-16-10-14-8-6-5-7-9-14;3*2-1-3/h3*5-9,13H,4,10-12H2,1-3H3;;;/t3*13-,17-;;;/m000.../s1. The lowest BCUT2D eigenvalue weighted by molar-refractivity contribution is -0.193. The third kappa shape index (κ3) is 39.8. The van der Waals surface area contributed by atoms with E-state index in [1.54, 1.807) is 0 Å². The fourth-order valence-corrected chi connectivity index (χ4v) is 11.8. The van der Waals surface area contributed by atoms with Crippen LogP contribution in [0.4, 0.5) is 0 Å². The first-order chi connectivity index (χ1) is 28.3. The van der Waals surface area contributed by atoms with Crippen LogP contribution in [0.25, 0.3) is 0 Å². The SMILES string of the molecule is CC[C@H](C)C[P@](C)(=O)COCc1ccccc1.CC[C@H](C)C[P@](C)(=O)COCc1ccccc1.CC[C@H](C)C[P@](C)(=O)COCc1ccccc1.O=C=O.O=C=O.O=C=O. The zero-order valence-electron chi connectivity index (χ0n) is 37.1. The minimum atomic E-state index is -2.12. The van der Waals surface area contributed by atoms with Crippen LogP contribution in [-0.2, 0) is 76.5 Å². The topological polar surface area (TPSA) is 181 Å². The van der Waals surface area contributed by atoms with Crippen molar-refractivity contribution in [3.63, 3.8) is 0 Å². The molecule has 0 aromatic heterocycles. The van der Waals surface area contributed by atoms with Gasteiger partial charge in [0.05, 0.1) is 38.9 Å². The monoisotopic (exact) mass is 894 g/mol. The van der Waals surface area contributed by atoms with Gasteiger partial charge >= 0.3 is 18.5 Å². The predicted octanol–water partition coefficient (Wildman–Crippen LogP) is 10.8. The molecule has 0 unspecified atom stereocenters. The summed E-state index contributed by atoms with van der Waals surface area (Å²) >= 11 is 0. The fourth-order valence-electron chi connectivity index (χ4n) is 5.32. The van der Waals surface area contributed by atoms with Crippen molar-refractivity contribution in [2.24, 2.45) is 17.8 Å². The third-order valence-corrected chi connectivity index (χ3v) is 15.0. The van der Waals surface area contributed by atoms with Gasteiger partial charge in [-0.1, -0.05) is 152 Å². The van der Waals surface area contributed by atoms with E-state index >= 15 is 0 Å². The van der Waals surface area contributed by atoms with Crippen LogP contribution in [0.5, 0.6) is 0 Å². The molecular formula is C45H69O12P3. The Hall–Kier alpha value is -3.63. The second-order valence-corrected chi connectivity index (χ2v) is 24.8. The van der Waals surface area contributed by atoms with E-state index in [0.29, 0.717) is 56.6 Å². The Morgan fingerprint density at radius 1 is 0.417 bits per heavy atom. The molecule has 0 radical (unpaired) electrons. The molecule has 15 heteroatoms. The maximum absolute atomic E-state index is 12.2. The lowest BCUT2D eigenvalue weighted by Crippen LogP contribution is -2.05. The third-order valence-electron chi connectivity index (χ3n) is 8.61. The molecule has 6 atom stereocenters. The Kier molecular flexibility index (Phi) is 38.7. The Balaban J connectivity index is -0.000000736. The maximum Gasteiger partial charge on any atom is 0.373 e. The molecule has 0 aliphatic heterocycles. The lowest BCUT2D eigenvalue weighted by Gasteiger charge is -2.17. The molecule has 0 amide bonds. The summed E-state index contributed by atoms with van der Waals surface area (Å²) in [6.45, 7) is 20.1. The highest BCUT2D eigenvalue weighted by atomic mass is 31.2. The normalized spacial score (nSPS) is 14.3. The van der Waals surface area contributed by atoms with Crippen LogP contribution >= 0.6 is 21.4 Å². The van der Waals surface area contributed by atoms with Crippen molar-refractivity contribution in [2.75, 3.05) is 57.5 Å². The van der Waals surface area contributed by atoms with Crippen LogP contribution in [0.1, 0.15) is 77.5 Å². The highest BCUT2D eigenvalue weighted by molar-refractivity contribution is 7.63. The van der Waals surface area contributed by atoms with Crippen LogP contribution in [0.15, 0.2) is 91.0 Å². The number of benzene rings is 3. The van der Waals surface area contributed by atoms with E-state index in [0.717, 1.165) is 54.4 Å². The van der Waals surface area contributed by atoms with Gasteiger partial charge in [-0.15, -0.1) is 0 Å². The number of hydrogen-bond donors (Lipinski definition) is 0. The molecule has 0 fully saturated rings. The molecule has 0 heterocycles. The van der Waals surface area contributed by atoms with Crippen LogP contribution < -0.4 is 0 Å². The lowest BCUT2D eigenvalue weighted by atomic mass is 10.2. The molecule has 0 aliphatic carbocycles. The minimum Gasteiger partial charge on any atom is -0.369 e. The van der Waals surface area contributed by atoms with Crippen molar-refractivity contribution >= 4 is 39.9 Å². The average Bonchev–Trinajstić information content (AvgIpc) is 3.19. The number of hydrogen-bond acceptors (Lipinski definition) is 12. The fraction of sp³-hybridized carbons (Fsp3) is 0.533. The quantitative estimate of drug-likeness (QED) is 0.0924. The van der Waals surface area contributed by atoms with E-state index in [-0.39, 0.29) is 18.5 Å². The van der Waals surface area contributed by atoms with E-state index in [4.69, 9.17) is 43.0 Å². The Labute approximate surface area is 359 Å². The Morgan fingerprint density at radius 3 is 0.767 bits per heavy atom. The first kappa shape index (κ1) is 60.7. The second kappa shape index (κ2) is 38.3. The van der Waals surface area contributed by atoms with Gasteiger partial charge in [0.2, 0.25) is 0 Å².